The molecule has 4 heteroatoms. The fourth-order valence-electron chi connectivity index (χ4n) is 2.42. The van der Waals surface area contributed by atoms with Crippen molar-refractivity contribution in [2.45, 2.75) is 31.9 Å². The molecular formula is C14H21BrN2O. The normalized spacial score (nSPS) is 21.0. The number of nitrogens with two attached hydrogens (primary N) is 1. The molecule has 0 radical (unpaired) electrons. The molecule has 1 aromatic carbocycles. The lowest BCUT2D eigenvalue weighted by Gasteiger charge is -2.26. The summed E-state index contributed by atoms with van der Waals surface area (Å²) >= 11 is 3.53. The molecule has 2 unspecified atom stereocenters. The van der Waals surface area contributed by atoms with Gasteiger partial charge in [0, 0.05) is 36.4 Å². The smallest absolute Gasteiger partial charge is 0.0750 e. The molecule has 18 heavy (non-hydrogen) atoms. The van der Waals surface area contributed by atoms with Crippen LogP contribution >= 0.6 is 15.9 Å². The van der Waals surface area contributed by atoms with Crippen LogP contribution < -0.4 is 10.6 Å². The molecule has 100 valence electrons. The maximum absolute atomic E-state index is 6.04. The van der Waals surface area contributed by atoms with Crippen molar-refractivity contribution >= 4 is 21.6 Å². The molecular weight excluding hydrogens is 292 g/mol. The zero-order chi connectivity index (χ0) is 13.1. The van der Waals surface area contributed by atoms with Crippen LogP contribution in [0.5, 0.6) is 0 Å². The highest BCUT2D eigenvalue weighted by molar-refractivity contribution is 9.10. The van der Waals surface area contributed by atoms with Gasteiger partial charge in [0.1, 0.15) is 0 Å². The lowest BCUT2D eigenvalue weighted by atomic mass is 10.1. The van der Waals surface area contributed by atoms with E-state index in [1.54, 1.807) is 0 Å². The quantitative estimate of drug-likeness (QED) is 0.928. The zero-order valence-electron chi connectivity index (χ0n) is 11.0. The average molecular weight is 313 g/mol. The summed E-state index contributed by atoms with van der Waals surface area (Å²) in [5.74, 6) is 0. The van der Waals surface area contributed by atoms with Crippen LogP contribution in [0.4, 0.5) is 5.69 Å². The molecule has 3 nitrogen and oxygen atoms in total. The van der Waals surface area contributed by atoms with Gasteiger partial charge in [-0.2, -0.15) is 0 Å². The summed E-state index contributed by atoms with van der Waals surface area (Å²) in [6, 6.07) is 6.31. The standard InChI is InChI=1S/C14H21BrN2O/c1-10(16)13-6-5-11(15)8-14(13)17(2)9-12-4-3-7-18-12/h5-6,8,10,12H,3-4,7,9,16H2,1-2H3. The molecule has 0 amide bonds. The molecule has 1 heterocycles. The van der Waals surface area contributed by atoms with Gasteiger partial charge in [0.2, 0.25) is 0 Å². The van der Waals surface area contributed by atoms with E-state index in [4.69, 9.17) is 10.5 Å². The number of halogens is 1. The van der Waals surface area contributed by atoms with Gasteiger partial charge in [0.25, 0.3) is 0 Å². The van der Waals surface area contributed by atoms with Gasteiger partial charge in [-0.25, -0.2) is 0 Å². The summed E-state index contributed by atoms with van der Waals surface area (Å²) < 4.78 is 6.78. The predicted molar refractivity (Wildman–Crippen MR) is 79.0 cm³/mol. The van der Waals surface area contributed by atoms with Gasteiger partial charge in [-0.3, -0.25) is 0 Å². The fraction of sp³-hybridized carbons (Fsp3) is 0.571. The van der Waals surface area contributed by atoms with Crippen molar-refractivity contribution in [1.29, 1.82) is 0 Å². The maximum atomic E-state index is 6.04. The summed E-state index contributed by atoms with van der Waals surface area (Å²) in [4.78, 5) is 2.25. The van der Waals surface area contributed by atoms with Gasteiger partial charge >= 0.3 is 0 Å². The van der Waals surface area contributed by atoms with Crippen molar-refractivity contribution in [2.24, 2.45) is 5.73 Å². The number of rotatable bonds is 4. The number of hydrogen-bond acceptors (Lipinski definition) is 3. The van der Waals surface area contributed by atoms with E-state index in [0.717, 1.165) is 24.0 Å². The number of benzene rings is 1. The van der Waals surface area contributed by atoms with Crippen LogP contribution in [0.3, 0.4) is 0 Å². The highest BCUT2D eigenvalue weighted by atomic mass is 79.9. The van der Waals surface area contributed by atoms with Crippen LogP contribution in [0.15, 0.2) is 22.7 Å². The Hall–Kier alpha value is -0.580. The average Bonchev–Trinajstić information content (AvgIpc) is 2.81. The number of ether oxygens (including phenoxy) is 1. The monoisotopic (exact) mass is 312 g/mol. The first kappa shape index (κ1) is 13.8. The van der Waals surface area contributed by atoms with E-state index in [9.17, 15) is 0 Å². The Morgan fingerprint density at radius 2 is 2.33 bits per heavy atom. The van der Waals surface area contributed by atoms with E-state index in [0.29, 0.717) is 6.10 Å². The second-order valence-corrected chi connectivity index (χ2v) is 5.92. The summed E-state index contributed by atoms with van der Waals surface area (Å²) in [6.45, 7) is 3.85. The van der Waals surface area contributed by atoms with Crippen molar-refractivity contribution < 1.29 is 4.74 Å². The number of anilines is 1. The van der Waals surface area contributed by atoms with Gasteiger partial charge in [-0.05, 0) is 37.5 Å². The van der Waals surface area contributed by atoms with Crippen LogP contribution in [0.1, 0.15) is 31.4 Å². The third-order valence-electron chi connectivity index (χ3n) is 3.40. The maximum Gasteiger partial charge on any atom is 0.0750 e. The van der Waals surface area contributed by atoms with Gasteiger partial charge in [-0.15, -0.1) is 0 Å². The Balaban J connectivity index is 2.16. The van der Waals surface area contributed by atoms with Crippen LogP contribution in [-0.2, 0) is 4.74 Å². The Morgan fingerprint density at radius 1 is 1.56 bits per heavy atom. The molecule has 1 fully saturated rings. The second kappa shape index (κ2) is 6.04. The fourth-order valence-corrected chi connectivity index (χ4v) is 2.77. The van der Waals surface area contributed by atoms with Crippen LogP contribution in [-0.4, -0.2) is 26.3 Å². The predicted octanol–water partition coefficient (Wildman–Crippen LogP) is 3.08. The molecule has 2 N–H and O–H groups in total. The molecule has 0 aliphatic carbocycles. The molecule has 2 rings (SSSR count). The number of nitrogens with zero attached hydrogens (tertiary/aromatic N) is 1. The highest BCUT2D eigenvalue weighted by Gasteiger charge is 2.19. The molecule has 1 aromatic rings. The Kier molecular flexibility index (Phi) is 4.65. The molecule has 2 atom stereocenters. The van der Waals surface area contributed by atoms with E-state index in [-0.39, 0.29) is 6.04 Å². The molecule has 0 aromatic heterocycles. The minimum atomic E-state index is 0.0417. The first-order chi connectivity index (χ1) is 8.58. The topological polar surface area (TPSA) is 38.5 Å². The van der Waals surface area contributed by atoms with Gasteiger partial charge in [-0.1, -0.05) is 22.0 Å². The SMILES string of the molecule is CC(N)c1ccc(Br)cc1N(C)CC1CCCO1. The van der Waals surface area contributed by atoms with E-state index in [1.807, 2.05) is 13.0 Å². The van der Waals surface area contributed by atoms with E-state index < -0.39 is 0 Å². The summed E-state index contributed by atoms with van der Waals surface area (Å²) in [6.07, 6.45) is 2.69. The summed E-state index contributed by atoms with van der Waals surface area (Å²) in [5.41, 5.74) is 8.41. The lowest BCUT2D eigenvalue weighted by molar-refractivity contribution is 0.116. The zero-order valence-corrected chi connectivity index (χ0v) is 12.6. The van der Waals surface area contributed by atoms with Crippen molar-refractivity contribution in [3.63, 3.8) is 0 Å². The molecule has 1 aliphatic heterocycles. The summed E-state index contributed by atoms with van der Waals surface area (Å²) in [5, 5.41) is 0. The largest absolute Gasteiger partial charge is 0.376 e. The van der Waals surface area contributed by atoms with Crippen molar-refractivity contribution in [1.82, 2.24) is 0 Å². The van der Waals surface area contributed by atoms with Gasteiger partial charge < -0.3 is 15.4 Å². The Labute approximate surface area is 117 Å². The van der Waals surface area contributed by atoms with E-state index in [2.05, 4.69) is 40.0 Å². The number of likely N-dealkylation sites (N-methyl/N-ethyl adjacent to an activating group) is 1. The van der Waals surface area contributed by atoms with Gasteiger partial charge in [0.15, 0.2) is 0 Å². The van der Waals surface area contributed by atoms with Crippen molar-refractivity contribution in [2.75, 3.05) is 25.1 Å². The Morgan fingerprint density at radius 3 is 2.94 bits per heavy atom. The molecule has 0 bridgehead atoms. The first-order valence-corrected chi connectivity index (χ1v) is 7.25. The van der Waals surface area contributed by atoms with Crippen molar-refractivity contribution in [3.8, 4) is 0 Å². The Bertz CT molecular complexity index is 403. The third-order valence-corrected chi connectivity index (χ3v) is 3.89. The minimum absolute atomic E-state index is 0.0417. The van der Waals surface area contributed by atoms with Crippen LogP contribution in [0.2, 0.25) is 0 Å². The van der Waals surface area contributed by atoms with E-state index in [1.165, 1.54) is 17.7 Å². The van der Waals surface area contributed by atoms with Crippen molar-refractivity contribution in [3.05, 3.63) is 28.2 Å². The first-order valence-electron chi connectivity index (χ1n) is 6.45. The van der Waals surface area contributed by atoms with Crippen LogP contribution in [0, 0.1) is 0 Å². The molecule has 1 aliphatic rings. The minimum Gasteiger partial charge on any atom is -0.376 e. The molecule has 0 saturated carbocycles. The van der Waals surface area contributed by atoms with E-state index >= 15 is 0 Å². The number of hydrogen-bond donors (Lipinski definition) is 1. The van der Waals surface area contributed by atoms with Gasteiger partial charge in [0.05, 0.1) is 6.10 Å². The molecule has 1 saturated heterocycles. The molecule has 0 spiro atoms. The van der Waals surface area contributed by atoms with Crippen LogP contribution in [0.25, 0.3) is 0 Å². The second-order valence-electron chi connectivity index (χ2n) is 5.01. The summed E-state index contributed by atoms with van der Waals surface area (Å²) in [7, 11) is 2.11. The third kappa shape index (κ3) is 3.25. The highest BCUT2D eigenvalue weighted by Crippen LogP contribution is 2.29. The lowest BCUT2D eigenvalue weighted by Crippen LogP contribution is -2.29.